The van der Waals surface area contributed by atoms with Crippen molar-refractivity contribution in [3.63, 3.8) is 0 Å². The second-order valence-corrected chi connectivity index (χ2v) is 6.11. The molecule has 0 saturated carbocycles. The number of halogens is 1. The van der Waals surface area contributed by atoms with Crippen molar-refractivity contribution >= 4 is 41.2 Å². The topological polar surface area (TPSA) is 105 Å². The summed E-state index contributed by atoms with van der Waals surface area (Å²) in [7, 11) is 0. The van der Waals surface area contributed by atoms with Crippen LogP contribution in [-0.2, 0) is 9.59 Å². The van der Waals surface area contributed by atoms with Crippen LogP contribution in [0.5, 0.6) is 17.2 Å². The van der Waals surface area contributed by atoms with E-state index in [0.717, 1.165) is 4.90 Å². The molecule has 1 saturated heterocycles. The molecule has 0 bridgehead atoms. The van der Waals surface area contributed by atoms with Gasteiger partial charge in [0.05, 0.1) is 10.7 Å². The number of urea groups is 1. The Kier molecular flexibility index (Phi) is 3.97. The molecule has 4 rings (SSSR count). The molecule has 0 unspecified atom stereocenters. The minimum absolute atomic E-state index is 0.0458. The lowest BCUT2D eigenvalue weighted by Gasteiger charge is -2.26. The number of ether oxygens (including phenoxy) is 2. The highest BCUT2D eigenvalue weighted by molar-refractivity contribution is 6.39. The normalized spacial score (nSPS) is 17.4. The van der Waals surface area contributed by atoms with Gasteiger partial charge in [-0.2, -0.15) is 0 Å². The van der Waals surface area contributed by atoms with Gasteiger partial charge in [0.25, 0.3) is 11.8 Å². The van der Waals surface area contributed by atoms with E-state index in [0.29, 0.717) is 17.1 Å². The molecule has 27 heavy (non-hydrogen) atoms. The number of anilines is 1. The van der Waals surface area contributed by atoms with Gasteiger partial charge in [-0.15, -0.1) is 0 Å². The van der Waals surface area contributed by atoms with Crippen molar-refractivity contribution < 1.29 is 29.0 Å². The van der Waals surface area contributed by atoms with Crippen molar-refractivity contribution in [2.45, 2.75) is 0 Å². The first-order chi connectivity index (χ1) is 12.9. The van der Waals surface area contributed by atoms with Gasteiger partial charge in [0, 0.05) is 6.07 Å². The van der Waals surface area contributed by atoms with E-state index >= 15 is 0 Å². The van der Waals surface area contributed by atoms with Gasteiger partial charge in [-0.25, -0.2) is 9.69 Å². The fourth-order valence-corrected chi connectivity index (χ4v) is 2.88. The van der Waals surface area contributed by atoms with Crippen LogP contribution in [0.3, 0.4) is 0 Å². The van der Waals surface area contributed by atoms with Crippen molar-refractivity contribution in [2.75, 3.05) is 11.7 Å². The fraction of sp³-hybridized carbons (Fsp3) is 0.0556. The molecule has 2 aliphatic heterocycles. The number of nitrogens with one attached hydrogen (secondary N) is 1. The lowest BCUT2D eigenvalue weighted by Crippen LogP contribution is -2.54. The van der Waals surface area contributed by atoms with E-state index in [2.05, 4.69) is 5.32 Å². The number of carbonyl (C=O) groups excluding carboxylic acids is 3. The Balaban J connectivity index is 1.72. The Morgan fingerprint density at radius 2 is 1.85 bits per heavy atom. The fourth-order valence-electron chi connectivity index (χ4n) is 2.70. The van der Waals surface area contributed by atoms with E-state index in [9.17, 15) is 19.5 Å². The third-order valence-corrected chi connectivity index (χ3v) is 4.30. The van der Waals surface area contributed by atoms with Gasteiger partial charge in [-0.1, -0.05) is 17.7 Å². The zero-order valence-corrected chi connectivity index (χ0v) is 14.3. The second kappa shape index (κ2) is 6.33. The first-order valence-corrected chi connectivity index (χ1v) is 8.11. The Labute approximate surface area is 157 Å². The quantitative estimate of drug-likeness (QED) is 0.606. The monoisotopic (exact) mass is 386 g/mol. The lowest BCUT2D eigenvalue weighted by atomic mass is 10.1. The molecule has 0 aromatic heterocycles. The van der Waals surface area contributed by atoms with Gasteiger partial charge in [-0.3, -0.25) is 14.9 Å². The molecule has 0 radical (unpaired) electrons. The number of benzene rings is 2. The SMILES string of the molecule is O=C1NC(=O)N(c2ccc3c(c2)OCO3)C(=O)/C1=C/c1ccc(O)c(Cl)c1. The second-order valence-electron chi connectivity index (χ2n) is 5.71. The number of fused-ring (bicyclic) bond motifs is 1. The highest BCUT2D eigenvalue weighted by Crippen LogP contribution is 2.36. The highest BCUT2D eigenvalue weighted by atomic mass is 35.5. The third kappa shape index (κ3) is 2.96. The number of barbiturate groups is 1. The van der Waals surface area contributed by atoms with Gasteiger partial charge < -0.3 is 14.6 Å². The molecule has 8 nitrogen and oxygen atoms in total. The number of nitrogens with zero attached hydrogens (tertiary/aromatic N) is 1. The van der Waals surface area contributed by atoms with Crippen LogP contribution in [0.15, 0.2) is 42.0 Å². The molecule has 2 heterocycles. The molecule has 9 heteroatoms. The number of carbonyl (C=O) groups is 3. The molecule has 2 aromatic carbocycles. The molecule has 1 fully saturated rings. The molecule has 0 aliphatic carbocycles. The van der Waals surface area contributed by atoms with Gasteiger partial charge in [-0.05, 0) is 35.9 Å². The smallest absolute Gasteiger partial charge is 0.335 e. The van der Waals surface area contributed by atoms with E-state index in [4.69, 9.17) is 21.1 Å². The predicted octanol–water partition coefficient (Wildman–Crippen LogP) is 2.44. The molecular formula is C18H11ClN2O6. The van der Waals surface area contributed by atoms with E-state index in [-0.39, 0.29) is 28.8 Å². The van der Waals surface area contributed by atoms with Crippen LogP contribution in [-0.4, -0.2) is 29.7 Å². The molecule has 2 aliphatic rings. The molecule has 2 N–H and O–H groups in total. The zero-order chi connectivity index (χ0) is 19.1. The summed E-state index contributed by atoms with van der Waals surface area (Å²) >= 11 is 5.85. The number of hydrogen-bond donors (Lipinski definition) is 2. The van der Waals surface area contributed by atoms with Crippen LogP contribution in [0.2, 0.25) is 5.02 Å². The van der Waals surface area contributed by atoms with Crippen molar-refractivity contribution in [2.24, 2.45) is 0 Å². The summed E-state index contributed by atoms with van der Waals surface area (Å²) < 4.78 is 10.5. The first-order valence-electron chi connectivity index (χ1n) is 7.73. The molecule has 0 atom stereocenters. The largest absolute Gasteiger partial charge is 0.506 e. The summed E-state index contributed by atoms with van der Waals surface area (Å²) in [4.78, 5) is 38.0. The summed E-state index contributed by atoms with van der Waals surface area (Å²) in [6.45, 7) is 0.0458. The number of phenols is 1. The molecule has 2 aromatic rings. The predicted molar refractivity (Wildman–Crippen MR) is 94.7 cm³/mol. The van der Waals surface area contributed by atoms with E-state index in [1.54, 1.807) is 6.07 Å². The van der Waals surface area contributed by atoms with Crippen LogP contribution in [0.4, 0.5) is 10.5 Å². The average molecular weight is 387 g/mol. The minimum atomic E-state index is -0.871. The Bertz CT molecular complexity index is 1030. The van der Waals surface area contributed by atoms with E-state index in [1.165, 1.54) is 36.4 Å². The molecule has 0 spiro atoms. The summed E-state index contributed by atoms with van der Waals surface area (Å²) in [5, 5.41) is 11.7. The standard InChI is InChI=1S/C18H11ClN2O6/c19-12-6-9(1-3-13(12)22)5-11-16(23)20-18(25)21(17(11)24)10-2-4-14-15(7-10)27-8-26-14/h1-7,22H,8H2,(H,20,23,25)/b11-5+. The number of hydrogen-bond acceptors (Lipinski definition) is 6. The number of rotatable bonds is 2. The van der Waals surface area contributed by atoms with Crippen molar-refractivity contribution in [3.8, 4) is 17.2 Å². The maximum atomic E-state index is 12.8. The van der Waals surface area contributed by atoms with Crippen LogP contribution in [0, 0.1) is 0 Å². The number of amides is 4. The Morgan fingerprint density at radius 3 is 2.63 bits per heavy atom. The van der Waals surface area contributed by atoms with Crippen LogP contribution >= 0.6 is 11.6 Å². The van der Waals surface area contributed by atoms with E-state index in [1.807, 2.05) is 0 Å². The number of imide groups is 2. The van der Waals surface area contributed by atoms with Gasteiger partial charge in [0.15, 0.2) is 11.5 Å². The Morgan fingerprint density at radius 1 is 1.07 bits per heavy atom. The molecular weight excluding hydrogens is 376 g/mol. The van der Waals surface area contributed by atoms with Gasteiger partial charge in [0.2, 0.25) is 6.79 Å². The maximum absolute atomic E-state index is 12.8. The molecule has 136 valence electrons. The van der Waals surface area contributed by atoms with Crippen molar-refractivity contribution in [3.05, 3.63) is 52.6 Å². The van der Waals surface area contributed by atoms with Gasteiger partial charge >= 0.3 is 6.03 Å². The molecule has 4 amide bonds. The lowest BCUT2D eigenvalue weighted by molar-refractivity contribution is -0.122. The summed E-state index contributed by atoms with van der Waals surface area (Å²) in [6, 6.07) is 7.89. The van der Waals surface area contributed by atoms with Crippen molar-refractivity contribution in [1.29, 1.82) is 0 Å². The van der Waals surface area contributed by atoms with Crippen molar-refractivity contribution in [1.82, 2.24) is 5.32 Å². The van der Waals surface area contributed by atoms with Crippen LogP contribution < -0.4 is 19.7 Å². The third-order valence-electron chi connectivity index (χ3n) is 4.00. The van der Waals surface area contributed by atoms with Crippen LogP contribution in [0.1, 0.15) is 5.56 Å². The van der Waals surface area contributed by atoms with Gasteiger partial charge in [0.1, 0.15) is 11.3 Å². The van der Waals surface area contributed by atoms with Crippen LogP contribution in [0.25, 0.3) is 6.08 Å². The maximum Gasteiger partial charge on any atom is 0.335 e. The number of aromatic hydroxyl groups is 1. The minimum Gasteiger partial charge on any atom is -0.506 e. The zero-order valence-electron chi connectivity index (χ0n) is 13.6. The Hall–Kier alpha value is -3.52. The average Bonchev–Trinajstić information content (AvgIpc) is 3.09. The highest BCUT2D eigenvalue weighted by Gasteiger charge is 2.37. The van der Waals surface area contributed by atoms with E-state index < -0.39 is 17.8 Å². The summed E-state index contributed by atoms with van der Waals surface area (Å²) in [6.07, 6.45) is 1.29. The first kappa shape index (κ1) is 16.9. The summed E-state index contributed by atoms with van der Waals surface area (Å²) in [5.74, 6) is -0.872. The summed E-state index contributed by atoms with van der Waals surface area (Å²) in [5.41, 5.74) is 0.384. The number of phenolic OH excluding ortho intramolecular Hbond substituents is 1.